The number of piperazine rings is 1. The number of nitrogens with one attached hydrogen (secondary N) is 1. The molecule has 5 nitrogen and oxygen atoms in total. The molecule has 2 aromatic rings. The summed E-state index contributed by atoms with van der Waals surface area (Å²) in [6.07, 6.45) is 0.271. The highest BCUT2D eigenvalue weighted by molar-refractivity contribution is 5.81. The van der Waals surface area contributed by atoms with E-state index in [9.17, 15) is 14.0 Å². The van der Waals surface area contributed by atoms with Crippen molar-refractivity contribution in [2.75, 3.05) is 26.2 Å². The van der Waals surface area contributed by atoms with Gasteiger partial charge < -0.3 is 10.2 Å². The van der Waals surface area contributed by atoms with Gasteiger partial charge in [0.2, 0.25) is 11.8 Å². The summed E-state index contributed by atoms with van der Waals surface area (Å²) in [7, 11) is 0. The summed E-state index contributed by atoms with van der Waals surface area (Å²) < 4.78 is 13.0. The maximum absolute atomic E-state index is 13.0. The molecule has 0 bridgehead atoms. The third-order valence-electron chi connectivity index (χ3n) is 5.17. The zero-order valence-corrected chi connectivity index (χ0v) is 16.1. The SMILES string of the molecule is CC(C(=O)NCc1ccccc1)N1CCN(C(=O)Cc2ccc(F)cc2)CC1. The lowest BCUT2D eigenvalue weighted by Crippen LogP contribution is -2.55. The third-order valence-corrected chi connectivity index (χ3v) is 5.17. The normalized spacial score (nSPS) is 15.9. The number of rotatable bonds is 6. The molecule has 1 heterocycles. The van der Waals surface area contributed by atoms with Crippen molar-refractivity contribution >= 4 is 11.8 Å². The van der Waals surface area contributed by atoms with Gasteiger partial charge in [-0.05, 0) is 30.2 Å². The molecule has 0 aromatic heterocycles. The monoisotopic (exact) mass is 383 g/mol. The molecule has 0 saturated carbocycles. The second-order valence-electron chi connectivity index (χ2n) is 7.10. The highest BCUT2D eigenvalue weighted by atomic mass is 19.1. The van der Waals surface area contributed by atoms with E-state index in [4.69, 9.17) is 0 Å². The summed E-state index contributed by atoms with van der Waals surface area (Å²) in [6, 6.07) is 15.6. The summed E-state index contributed by atoms with van der Waals surface area (Å²) >= 11 is 0. The van der Waals surface area contributed by atoms with Crippen LogP contribution in [0.15, 0.2) is 54.6 Å². The van der Waals surface area contributed by atoms with Crippen molar-refractivity contribution < 1.29 is 14.0 Å². The van der Waals surface area contributed by atoms with Gasteiger partial charge in [0.05, 0.1) is 12.5 Å². The van der Waals surface area contributed by atoms with E-state index in [0.717, 1.165) is 11.1 Å². The predicted octanol–water partition coefficient (Wildman–Crippen LogP) is 2.22. The van der Waals surface area contributed by atoms with Gasteiger partial charge in [0.15, 0.2) is 0 Å². The third kappa shape index (κ3) is 5.39. The number of benzene rings is 2. The Bertz CT molecular complexity index is 787. The average molecular weight is 383 g/mol. The van der Waals surface area contributed by atoms with Gasteiger partial charge in [0.25, 0.3) is 0 Å². The first-order chi connectivity index (χ1) is 13.5. The van der Waals surface area contributed by atoms with Crippen LogP contribution in [-0.2, 0) is 22.6 Å². The first-order valence-corrected chi connectivity index (χ1v) is 9.61. The zero-order valence-electron chi connectivity index (χ0n) is 16.1. The molecular formula is C22H26FN3O2. The Balaban J connectivity index is 1.44. The van der Waals surface area contributed by atoms with Crippen molar-refractivity contribution in [2.45, 2.75) is 25.9 Å². The van der Waals surface area contributed by atoms with E-state index in [-0.39, 0.29) is 30.1 Å². The van der Waals surface area contributed by atoms with Crippen molar-refractivity contribution in [3.05, 3.63) is 71.5 Å². The minimum atomic E-state index is -0.302. The van der Waals surface area contributed by atoms with Crippen LogP contribution in [0.3, 0.4) is 0 Å². The minimum Gasteiger partial charge on any atom is -0.351 e. The van der Waals surface area contributed by atoms with Gasteiger partial charge in [-0.2, -0.15) is 0 Å². The second kappa shape index (κ2) is 9.46. The molecule has 3 rings (SSSR count). The van der Waals surface area contributed by atoms with Crippen molar-refractivity contribution in [2.24, 2.45) is 0 Å². The molecule has 1 atom stereocenters. The van der Waals surface area contributed by atoms with E-state index in [1.54, 1.807) is 12.1 Å². The van der Waals surface area contributed by atoms with E-state index in [0.29, 0.717) is 32.7 Å². The quantitative estimate of drug-likeness (QED) is 0.832. The fourth-order valence-corrected chi connectivity index (χ4v) is 3.35. The molecule has 148 valence electrons. The van der Waals surface area contributed by atoms with E-state index in [1.807, 2.05) is 42.2 Å². The highest BCUT2D eigenvalue weighted by Crippen LogP contribution is 2.10. The Hall–Kier alpha value is -2.73. The molecule has 1 unspecified atom stereocenters. The Morgan fingerprint density at radius 3 is 2.25 bits per heavy atom. The molecule has 1 aliphatic heterocycles. The summed E-state index contributed by atoms with van der Waals surface area (Å²) in [5, 5.41) is 2.98. The molecule has 1 aliphatic rings. The number of hydrogen-bond donors (Lipinski definition) is 1. The Morgan fingerprint density at radius 1 is 0.964 bits per heavy atom. The van der Waals surface area contributed by atoms with Gasteiger partial charge in [0, 0.05) is 32.7 Å². The summed E-state index contributed by atoms with van der Waals surface area (Å²) in [5.74, 6) is -0.272. The van der Waals surface area contributed by atoms with Crippen LogP contribution in [0.25, 0.3) is 0 Å². The Labute approximate surface area is 165 Å². The lowest BCUT2D eigenvalue weighted by molar-refractivity contribution is -0.133. The first-order valence-electron chi connectivity index (χ1n) is 9.61. The Morgan fingerprint density at radius 2 is 1.61 bits per heavy atom. The van der Waals surface area contributed by atoms with Crippen LogP contribution < -0.4 is 5.32 Å². The van der Waals surface area contributed by atoms with E-state index >= 15 is 0 Å². The number of amides is 2. The van der Waals surface area contributed by atoms with Gasteiger partial charge >= 0.3 is 0 Å². The van der Waals surface area contributed by atoms with Crippen LogP contribution in [-0.4, -0.2) is 53.8 Å². The molecule has 2 aromatic carbocycles. The molecule has 1 saturated heterocycles. The predicted molar refractivity (Wildman–Crippen MR) is 106 cm³/mol. The summed E-state index contributed by atoms with van der Waals surface area (Å²) in [5.41, 5.74) is 1.88. The van der Waals surface area contributed by atoms with Crippen molar-refractivity contribution in [3.63, 3.8) is 0 Å². The lowest BCUT2D eigenvalue weighted by atomic mass is 10.1. The smallest absolute Gasteiger partial charge is 0.237 e. The van der Waals surface area contributed by atoms with Crippen LogP contribution in [0.1, 0.15) is 18.1 Å². The molecule has 1 N–H and O–H groups in total. The number of carbonyl (C=O) groups is 2. The maximum Gasteiger partial charge on any atom is 0.237 e. The fourth-order valence-electron chi connectivity index (χ4n) is 3.35. The largest absolute Gasteiger partial charge is 0.351 e. The van der Waals surface area contributed by atoms with Gasteiger partial charge in [-0.25, -0.2) is 4.39 Å². The molecule has 0 aliphatic carbocycles. The van der Waals surface area contributed by atoms with Crippen LogP contribution in [0.4, 0.5) is 4.39 Å². The maximum atomic E-state index is 13.0. The number of nitrogens with zero attached hydrogens (tertiary/aromatic N) is 2. The van der Waals surface area contributed by atoms with Crippen LogP contribution in [0, 0.1) is 5.82 Å². The fraction of sp³-hybridized carbons (Fsp3) is 0.364. The van der Waals surface area contributed by atoms with Gasteiger partial charge in [-0.1, -0.05) is 42.5 Å². The van der Waals surface area contributed by atoms with Crippen molar-refractivity contribution in [1.29, 1.82) is 0 Å². The average Bonchev–Trinajstić information content (AvgIpc) is 2.74. The Kier molecular flexibility index (Phi) is 6.76. The van der Waals surface area contributed by atoms with E-state index in [1.165, 1.54) is 12.1 Å². The van der Waals surface area contributed by atoms with Crippen LogP contribution >= 0.6 is 0 Å². The number of carbonyl (C=O) groups excluding carboxylic acids is 2. The molecule has 6 heteroatoms. The molecule has 0 radical (unpaired) electrons. The zero-order chi connectivity index (χ0) is 19.9. The minimum absolute atomic E-state index is 0.00468. The molecule has 2 amide bonds. The van der Waals surface area contributed by atoms with Gasteiger partial charge in [-0.3, -0.25) is 14.5 Å². The van der Waals surface area contributed by atoms with Crippen LogP contribution in [0.2, 0.25) is 0 Å². The van der Waals surface area contributed by atoms with Crippen LogP contribution in [0.5, 0.6) is 0 Å². The number of hydrogen-bond acceptors (Lipinski definition) is 3. The summed E-state index contributed by atoms with van der Waals surface area (Å²) in [6.45, 7) is 4.92. The van der Waals surface area contributed by atoms with Crippen molar-refractivity contribution in [1.82, 2.24) is 15.1 Å². The van der Waals surface area contributed by atoms with E-state index < -0.39 is 0 Å². The second-order valence-corrected chi connectivity index (χ2v) is 7.10. The van der Waals surface area contributed by atoms with Crippen molar-refractivity contribution in [3.8, 4) is 0 Å². The van der Waals surface area contributed by atoms with Gasteiger partial charge in [0.1, 0.15) is 5.82 Å². The first kappa shape index (κ1) is 20.0. The molecule has 28 heavy (non-hydrogen) atoms. The molecular weight excluding hydrogens is 357 g/mol. The standard InChI is InChI=1S/C22H26FN3O2/c1-17(22(28)24-16-19-5-3-2-4-6-19)25-11-13-26(14-12-25)21(27)15-18-7-9-20(23)10-8-18/h2-10,17H,11-16H2,1H3,(H,24,28). The summed E-state index contributed by atoms with van der Waals surface area (Å²) in [4.78, 5) is 28.8. The molecule has 1 fully saturated rings. The highest BCUT2D eigenvalue weighted by Gasteiger charge is 2.27. The number of halogens is 1. The van der Waals surface area contributed by atoms with E-state index in [2.05, 4.69) is 10.2 Å². The molecule has 0 spiro atoms. The lowest BCUT2D eigenvalue weighted by Gasteiger charge is -2.37. The topological polar surface area (TPSA) is 52.7 Å². The van der Waals surface area contributed by atoms with Gasteiger partial charge in [-0.15, -0.1) is 0 Å².